The van der Waals surface area contributed by atoms with E-state index in [0.717, 1.165) is 11.3 Å². The van der Waals surface area contributed by atoms with Gasteiger partial charge in [0, 0.05) is 12.8 Å². The topological polar surface area (TPSA) is 66.5 Å². The van der Waals surface area contributed by atoms with E-state index in [4.69, 9.17) is 0 Å². The van der Waals surface area contributed by atoms with Crippen molar-refractivity contribution in [2.45, 2.75) is 38.3 Å². The quantitative estimate of drug-likeness (QED) is 0.623. The first-order valence-electron chi connectivity index (χ1n) is 6.30. The van der Waals surface area contributed by atoms with E-state index in [1.807, 2.05) is 6.08 Å². The first-order valence-corrected chi connectivity index (χ1v) is 6.30. The summed E-state index contributed by atoms with van der Waals surface area (Å²) < 4.78 is 0. The van der Waals surface area contributed by atoms with Gasteiger partial charge in [-0.15, -0.1) is 0 Å². The minimum absolute atomic E-state index is 0.0355. The van der Waals surface area contributed by atoms with Crippen LogP contribution in [0.25, 0.3) is 0 Å². The number of carbonyl (C=O) groups excluding carboxylic acids is 3. The van der Waals surface area contributed by atoms with Crippen molar-refractivity contribution < 1.29 is 14.4 Å². The van der Waals surface area contributed by atoms with Crippen LogP contribution >= 0.6 is 0 Å². The monoisotopic (exact) mass is 248 g/mol. The lowest BCUT2D eigenvalue weighted by Gasteiger charge is -2.44. The van der Waals surface area contributed by atoms with Gasteiger partial charge >= 0.3 is 0 Å². The van der Waals surface area contributed by atoms with Crippen molar-refractivity contribution in [3.8, 4) is 0 Å². The highest BCUT2D eigenvalue weighted by atomic mass is 16.2. The van der Waals surface area contributed by atoms with Gasteiger partial charge in [-0.05, 0) is 25.7 Å². The summed E-state index contributed by atoms with van der Waals surface area (Å²) >= 11 is 0. The van der Waals surface area contributed by atoms with Crippen LogP contribution in [0.3, 0.4) is 0 Å². The van der Waals surface area contributed by atoms with E-state index in [9.17, 15) is 14.4 Å². The molecule has 2 fully saturated rings. The molecule has 1 N–H and O–H groups in total. The van der Waals surface area contributed by atoms with Gasteiger partial charge in [-0.25, -0.2) is 0 Å². The molecule has 1 aliphatic heterocycles. The maximum absolute atomic E-state index is 12.6. The van der Waals surface area contributed by atoms with Gasteiger partial charge in [0.2, 0.25) is 11.8 Å². The van der Waals surface area contributed by atoms with Gasteiger partial charge in [0.25, 0.3) is 5.91 Å². The number of hydrogen-bond donors (Lipinski definition) is 1. The summed E-state index contributed by atoms with van der Waals surface area (Å²) in [6.07, 6.45) is 5.62. The summed E-state index contributed by atoms with van der Waals surface area (Å²) in [5, 5.41) is 2.87. The Morgan fingerprint density at radius 2 is 2.17 bits per heavy atom. The number of allylic oxidation sites excluding steroid dienone is 1. The lowest BCUT2D eigenvalue weighted by molar-refractivity contribution is -0.162. The van der Waals surface area contributed by atoms with E-state index in [-0.39, 0.29) is 23.6 Å². The van der Waals surface area contributed by atoms with Crippen molar-refractivity contribution in [3.63, 3.8) is 0 Å². The fourth-order valence-corrected chi connectivity index (χ4v) is 3.55. The summed E-state index contributed by atoms with van der Waals surface area (Å²) in [5.41, 5.74) is -0.866. The standard InChI is InChI=1S/C13H16N2O3/c1-7-11(17)14-13(12(18)15(7)8(2)16)6-9-3-4-10(13)5-9/h3-4,7,9-10H,5-6H2,1-2H3,(H,14,17)/t7-,9-,10+,13+/m0/s1. The van der Waals surface area contributed by atoms with Gasteiger partial charge in [-0.1, -0.05) is 12.2 Å². The zero-order chi connectivity index (χ0) is 13.1. The van der Waals surface area contributed by atoms with E-state index in [2.05, 4.69) is 11.4 Å². The van der Waals surface area contributed by atoms with Crippen molar-refractivity contribution >= 4 is 17.7 Å². The Hall–Kier alpha value is -1.65. The summed E-state index contributed by atoms with van der Waals surface area (Å²) in [5.74, 6) is -0.437. The molecule has 0 aromatic carbocycles. The Balaban J connectivity index is 2.02. The van der Waals surface area contributed by atoms with Gasteiger partial charge < -0.3 is 5.32 Å². The lowest BCUT2D eigenvalue weighted by atomic mass is 9.80. The molecule has 96 valence electrons. The van der Waals surface area contributed by atoms with Crippen molar-refractivity contribution in [3.05, 3.63) is 12.2 Å². The smallest absolute Gasteiger partial charge is 0.256 e. The molecule has 0 radical (unpaired) electrons. The number of fused-ring (bicyclic) bond motifs is 3. The Labute approximate surface area is 105 Å². The second-order valence-electron chi connectivity index (χ2n) is 5.52. The predicted octanol–water partition coefficient (Wildman–Crippen LogP) is 0.215. The number of hydrogen-bond acceptors (Lipinski definition) is 3. The van der Waals surface area contributed by atoms with Crippen molar-refractivity contribution in [2.75, 3.05) is 0 Å². The zero-order valence-electron chi connectivity index (χ0n) is 10.5. The van der Waals surface area contributed by atoms with Crippen LogP contribution in [0, 0.1) is 11.8 Å². The molecule has 0 unspecified atom stereocenters. The molecule has 3 amide bonds. The SMILES string of the molecule is CC(=O)N1C(=O)[C@]2(C[C@H]3C=C[C@@H]2C3)NC(=O)[C@@H]1C. The summed E-state index contributed by atoms with van der Waals surface area (Å²) in [7, 11) is 0. The van der Waals surface area contributed by atoms with Crippen molar-refractivity contribution in [1.29, 1.82) is 0 Å². The van der Waals surface area contributed by atoms with Crippen LogP contribution in [0.5, 0.6) is 0 Å². The Kier molecular flexibility index (Phi) is 2.18. The molecule has 2 bridgehead atoms. The first-order chi connectivity index (χ1) is 8.45. The van der Waals surface area contributed by atoms with Crippen LogP contribution in [0.2, 0.25) is 0 Å². The number of amides is 3. The van der Waals surface area contributed by atoms with Crippen LogP contribution in [0.1, 0.15) is 26.7 Å². The minimum atomic E-state index is -0.866. The molecule has 1 heterocycles. The summed E-state index contributed by atoms with van der Waals surface area (Å²) in [6.45, 7) is 2.92. The zero-order valence-corrected chi connectivity index (χ0v) is 10.5. The minimum Gasteiger partial charge on any atom is -0.339 e. The molecule has 5 nitrogen and oxygen atoms in total. The molecule has 1 saturated carbocycles. The average Bonchev–Trinajstić information content (AvgIpc) is 2.87. The van der Waals surface area contributed by atoms with Gasteiger partial charge in [0.1, 0.15) is 11.6 Å². The van der Waals surface area contributed by atoms with Crippen molar-refractivity contribution in [1.82, 2.24) is 10.2 Å². The normalized spacial score (nSPS) is 41.7. The van der Waals surface area contributed by atoms with Crippen LogP contribution in [-0.2, 0) is 14.4 Å². The van der Waals surface area contributed by atoms with E-state index < -0.39 is 11.6 Å². The number of piperazine rings is 1. The molecule has 3 rings (SSSR count). The van der Waals surface area contributed by atoms with E-state index >= 15 is 0 Å². The van der Waals surface area contributed by atoms with Crippen LogP contribution in [-0.4, -0.2) is 34.2 Å². The van der Waals surface area contributed by atoms with E-state index in [1.54, 1.807) is 6.92 Å². The summed E-state index contributed by atoms with van der Waals surface area (Å²) in [4.78, 5) is 37.3. The van der Waals surface area contributed by atoms with E-state index in [0.29, 0.717) is 12.3 Å². The van der Waals surface area contributed by atoms with Crippen LogP contribution in [0.15, 0.2) is 12.2 Å². The number of nitrogens with zero attached hydrogens (tertiary/aromatic N) is 1. The second-order valence-corrected chi connectivity index (χ2v) is 5.52. The van der Waals surface area contributed by atoms with E-state index in [1.165, 1.54) is 6.92 Å². The number of nitrogens with one attached hydrogen (secondary N) is 1. The molecule has 0 aromatic heterocycles. The predicted molar refractivity (Wildman–Crippen MR) is 63.2 cm³/mol. The highest BCUT2D eigenvalue weighted by Gasteiger charge is 2.59. The fourth-order valence-electron chi connectivity index (χ4n) is 3.55. The fraction of sp³-hybridized carbons (Fsp3) is 0.615. The Morgan fingerprint density at radius 1 is 1.44 bits per heavy atom. The van der Waals surface area contributed by atoms with Gasteiger partial charge in [0.15, 0.2) is 0 Å². The molecule has 4 atom stereocenters. The highest BCUT2D eigenvalue weighted by molar-refractivity contribution is 6.08. The molecule has 0 aromatic rings. The number of carbonyl (C=O) groups is 3. The molecule has 2 aliphatic carbocycles. The van der Waals surface area contributed by atoms with Crippen LogP contribution in [0.4, 0.5) is 0 Å². The molecule has 5 heteroatoms. The third kappa shape index (κ3) is 1.24. The Morgan fingerprint density at radius 3 is 2.67 bits per heavy atom. The average molecular weight is 248 g/mol. The largest absolute Gasteiger partial charge is 0.339 e. The number of imide groups is 1. The molecular weight excluding hydrogens is 232 g/mol. The summed E-state index contributed by atoms with van der Waals surface area (Å²) in [6, 6.07) is -0.705. The van der Waals surface area contributed by atoms with Crippen LogP contribution < -0.4 is 5.32 Å². The van der Waals surface area contributed by atoms with Crippen molar-refractivity contribution in [2.24, 2.45) is 11.8 Å². The van der Waals surface area contributed by atoms with Gasteiger partial charge in [-0.3, -0.25) is 19.3 Å². The first kappa shape index (κ1) is 11.4. The molecule has 1 saturated heterocycles. The molecular formula is C13H16N2O3. The number of rotatable bonds is 0. The molecule has 1 spiro atoms. The second kappa shape index (κ2) is 3.43. The third-order valence-electron chi connectivity index (χ3n) is 4.44. The third-order valence-corrected chi connectivity index (χ3v) is 4.44. The lowest BCUT2D eigenvalue weighted by Crippen LogP contribution is -2.71. The van der Waals surface area contributed by atoms with Gasteiger partial charge in [0.05, 0.1) is 0 Å². The highest BCUT2D eigenvalue weighted by Crippen LogP contribution is 2.48. The maximum Gasteiger partial charge on any atom is 0.256 e. The molecule has 3 aliphatic rings. The molecule has 18 heavy (non-hydrogen) atoms. The Bertz CT molecular complexity index is 485. The van der Waals surface area contributed by atoms with Gasteiger partial charge in [-0.2, -0.15) is 0 Å². The maximum atomic E-state index is 12.6.